The van der Waals surface area contributed by atoms with Crippen LogP contribution in [0.25, 0.3) is 11.3 Å². The van der Waals surface area contributed by atoms with Crippen LogP contribution in [0, 0.1) is 0 Å². The molecule has 1 aromatic heterocycles. The molecule has 1 atom stereocenters. The van der Waals surface area contributed by atoms with Crippen LogP contribution in [-0.2, 0) is 11.3 Å². The second-order valence-corrected chi connectivity index (χ2v) is 5.84. The largest absolute Gasteiger partial charge is 0.465 e. The molecule has 128 valence electrons. The minimum absolute atomic E-state index is 0.0812. The summed E-state index contributed by atoms with van der Waals surface area (Å²) in [5, 5.41) is 3.43. The van der Waals surface area contributed by atoms with Crippen molar-refractivity contribution in [2.24, 2.45) is 0 Å². The van der Waals surface area contributed by atoms with Crippen LogP contribution in [0.1, 0.15) is 34.7 Å². The fourth-order valence-electron chi connectivity index (χ4n) is 2.57. The maximum Gasteiger partial charge on any atom is 0.337 e. The molecule has 1 unspecified atom stereocenters. The Bertz CT molecular complexity index is 826. The van der Waals surface area contributed by atoms with E-state index in [-0.39, 0.29) is 12.0 Å². The lowest BCUT2D eigenvalue weighted by Crippen LogP contribution is -2.19. The zero-order chi connectivity index (χ0) is 17.6. The quantitative estimate of drug-likeness (QED) is 0.674. The Morgan fingerprint density at radius 1 is 1.16 bits per heavy atom. The van der Waals surface area contributed by atoms with Crippen LogP contribution in [0.5, 0.6) is 0 Å². The molecule has 0 bridgehead atoms. The highest BCUT2D eigenvalue weighted by atomic mass is 16.5. The number of aromatic amines is 1. The molecule has 0 radical (unpaired) electrons. The van der Waals surface area contributed by atoms with Crippen molar-refractivity contribution in [2.45, 2.75) is 19.5 Å². The van der Waals surface area contributed by atoms with Gasteiger partial charge in [-0.05, 0) is 30.2 Å². The molecule has 0 fully saturated rings. The number of carbonyl (C=O) groups is 1. The summed E-state index contributed by atoms with van der Waals surface area (Å²) in [5.74, 6) is 0.571. The summed E-state index contributed by atoms with van der Waals surface area (Å²) in [7, 11) is 1.38. The van der Waals surface area contributed by atoms with Crippen molar-refractivity contribution in [3.63, 3.8) is 0 Å². The van der Waals surface area contributed by atoms with Crippen molar-refractivity contribution in [3.8, 4) is 11.3 Å². The van der Waals surface area contributed by atoms with E-state index in [1.54, 1.807) is 12.1 Å². The highest BCUT2D eigenvalue weighted by Crippen LogP contribution is 2.19. The van der Waals surface area contributed by atoms with Gasteiger partial charge in [-0.2, -0.15) is 0 Å². The Morgan fingerprint density at radius 2 is 1.88 bits per heavy atom. The van der Waals surface area contributed by atoms with Gasteiger partial charge in [-0.15, -0.1) is 0 Å². The Labute approximate surface area is 147 Å². The molecular formula is C20H21N3O2. The maximum atomic E-state index is 11.4. The normalized spacial score (nSPS) is 11.9. The molecule has 3 rings (SSSR count). The molecule has 0 amide bonds. The maximum absolute atomic E-state index is 11.4. The fraction of sp³-hybridized carbons (Fsp3) is 0.200. The minimum atomic E-state index is -0.322. The first-order valence-electron chi connectivity index (χ1n) is 8.18. The number of ether oxygens (including phenoxy) is 1. The van der Waals surface area contributed by atoms with E-state index in [1.807, 2.05) is 36.5 Å². The lowest BCUT2D eigenvalue weighted by atomic mass is 10.1. The van der Waals surface area contributed by atoms with E-state index in [0.717, 1.165) is 22.6 Å². The molecule has 25 heavy (non-hydrogen) atoms. The van der Waals surface area contributed by atoms with Gasteiger partial charge in [0.2, 0.25) is 0 Å². The Kier molecular flexibility index (Phi) is 5.26. The summed E-state index contributed by atoms with van der Waals surface area (Å²) < 4.78 is 4.70. The number of nitrogens with one attached hydrogen (secondary N) is 2. The molecule has 0 saturated heterocycles. The van der Waals surface area contributed by atoms with Crippen LogP contribution < -0.4 is 5.32 Å². The van der Waals surface area contributed by atoms with Gasteiger partial charge in [0, 0.05) is 6.54 Å². The first-order chi connectivity index (χ1) is 12.2. The zero-order valence-electron chi connectivity index (χ0n) is 14.3. The second kappa shape index (κ2) is 7.77. The standard InChI is InChI=1S/C20H21N3O2/c1-14(19-22-13-18(23-19)16-6-4-3-5-7-16)21-12-15-8-10-17(11-9-15)20(24)25-2/h3-11,13-14,21H,12H2,1-2H3,(H,22,23). The molecule has 5 nitrogen and oxygen atoms in total. The number of hydrogen-bond donors (Lipinski definition) is 2. The van der Waals surface area contributed by atoms with Gasteiger partial charge < -0.3 is 15.0 Å². The Hall–Kier alpha value is -2.92. The van der Waals surface area contributed by atoms with Crippen molar-refractivity contribution >= 4 is 5.97 Å². The zero-order valence-corrected chi connectivity index (χ0v) is 14.3. The summed E-state index contributed by atoms with van der Waals surface area (Å²) in [6, 6.07) is 17.6. The number of nitrogens with zero attached hydrogens (tertiary/aromatic N) is 1. The van der Waals surface area contributed by atoms with E-state index in [1.165, 1.54) is 7.11 Å². The van der Waals surface area contributed by atoms with Crippen LogP contribution >= 0.6 is 0 Å². The predicted molar refractivity (Wildman–Crippen MR) is 97.1 cm³/mol. The third-order valence-electron chi connectivity index (χ3n) is 4.08. The average molecular weight is 335 g/mol. The van der Waals surface area contributed by atoms with Crippen molar-refractivity contribution in [2.75, 3.05) is 7.11 Å². The highest BCUT2D eigenvalue weighted by molar-refractivity contribution is 5.89. The Morgan fingerprint density at radius 3 is 2.56 bits per heavy atom. The van der Waals surface area contributed by atoms with Crippen molar-refractivity contribution in [1.82, 2.24) is 15.3 Å². The number of rotatable bonds is 6. The number of esters is 1. The molecule has 2 N–H and O–H groups in total. The third-order valence-corrected chi connectivity index (χ3v) is 4.08. The number of methoxy groups -OCH3 is 1. The molecule has 5 heteroatoms. The SMILES string of the molecule is COC(=O)c1ccc(CNC(C)c2ncc(-c3ccccc3)[nH]2)cc1. The van der Waals surface area contributed by atoms with Gasteiger partial charge in [0.15, 0.2) is 0 Å². The van der Waals surface area contributed by atoms with Crippen LogP contribution in [-0.4, -0.2) is 23.0 Å². The van der Waals surface area contributed by atoms with Crippen molar-refractivity contribution in [1.29, 1.82) is 0 Å². The molecule has 0 aliphatic carbocycles. The van der Waals surface area contributed by atoms with Crippen molar-refractivity contribution in [3.05, 3.63) is 77.7 Å². The van der Waals surface area contributed by atoms with Gasteiger partial charge in [0.25, 0.3) is 0 Å². The topological polar surface area (TPSA) is 67.0 Å². The molecular weight excluding hydrogens is 314 g/mol. The second-order valence-electron chi connectivity index (χ2n) is 5.84. The lowest BCUT2D eigenvalue weighted by molar-refractivity contribution is 0.0600. The number of carbonyl (C=O) groups excluding carboxylic acids is 1. The minimum Gasteiger partial charge on any atom is -0.465 e. The van der Waals surface area contributed by atoms with Crippen LogP contribution in [0.4, 0.5) is 0 Å². The number of hydrogen-bond acceptors (Lipinski definition) is 4. The number of benzene rings is 2. The van der Waals surface area contributed by atoms with Gasteiger partial charge in [-0.3, -0.25) is 0 Å². The van der Waals surface area contributed by atoms with E-state index < -0.39 is 0 Å². The van der Waals surface area contributed by atoms with Crippen LogP contribution in [0.2, 0.25) is 0 Å². The van der Waals surface area contributed by atoms with Crippen molar-refractivity contribution < 1.29 is 9.53 Å². The van der Waals surface area contributed by atoms with Gasteiger partial charge >= 0.3 is 5.97 Å². The summed E-state index contributed by atoms with van der Waals surface area (Å²) in [4.78, 5) is 19.3. The predicted octanol–water partition coefficient (Wildman–Crippen LogP) is 3.71. The first-order valence-corrected chi connectivity index (χ1v) is 8.18. The molecule has 0 aliphatic rings. The van der Waals surface area contributed by atoms with Gasteiger partial charge in [0.1, 0.15) is 5.82 Å². The third kappa shape index (κ3) is 4.14. The summed E-state index contributed by atoms with van der Waals surface area (Å²) in [6.45, 7) is 2.75. The van der Waals surface area contributed by atoms with Gasteiger partial charge in [0.05, 0.1) is 30.6 Å². The molecule has 0 spiro atoms. The van der Waals surface area contributed by atoms with E-state index in [4.69, 9.17) is 4.74 Å². The first kappa shape index (κ1) is 16.9. The van der Waals surface area contributed by atoms with Crippen LogP contribution in [0.15, 0.2) is 60.8 Å². The molecule has 3 aromatic rings. The molecule has 0 aliphatic heterocycles. The van der Waals surface area contributed by atoms with E-state index in [9.17, 15) is 4.79 Å². The average Bonchev–Trinajstić information content (AvgIpc) is 3.17. The van der Waals surface area contributed by atoms with E-state index >= 15 is 0 Å². The number of imidazole rings is 1. The summed E-state index contributed by atoms with van der Waals surface area (Å²) in [5.41, 5.74) is 3.77. The molecule has 1 heterocycles. The smallest absolute Gasteiger partial charge is 0.337 e. The Balaban J connectivity index is 1.60. The highest BCUT2D eigenvalue weighted by Gasteiger charge is 2.10. The summed E-state index contributed by atoms with van der Waals surface area (Å²) in [6.07, 6.45) is 1.86. The van der Waals surface area contributed by atoms with E-state index in [2.05, 4.69) is 34.3 Å². The molecule has 0 saturated carbocycles. The lowest BCUT2D eigenvalue weighted by Gasteiger charge is -2.11. The van der Waals surface area contributed by atoms with Gasteiger partial charge in [-0.25, -0.2) is 9.78 Å². The van der Waals surface area contributed by atoms with E-state index in [0.29, 0.717) is 12.1 Å². The van der Waals surface area contributed by atoms with Crippen LogP contribution in [0.3, 0.4) is 0 Å². The number of H-pyrrole nitrogens is 1. The monoisotopic (exact) mass is 335 g/mol. The summed E-state index contributed by atoms with van der Waals surface area (Å²) >= 11 is 0. The fourth-order valence-corrected chi connectivity index (χ4v) is 2.57. The number of aromatic nitrogens is 2. The van der Waals surface area contributed by atoms with Gasteiger partial charge in [-0.1, -0.05) is 42.5 Å². The molecule has 2 aromatic carbocycles.